The zero-order chi connectivity index (χ0) is 29.0. The van der Waals surface area contributed by atoms with Crippen molar-refractivity contribution in [1.82, 2.24) is 5.32 Å². The molecule has 1 N–H and O–H groups in total. The number of methoxy groups -OCH3 is 3. The highest BCUT2D eigenvalue weighted by molar-refractivity contribution is 7.98. The van der Waals surface area contributed by atoms with Crippen molar-refractivity contribution in [3.05, 3.63) is 90.1 Å². The number of fused-ring (bicyclic) bond motifs is 3. The van der Waals surface area contributed by atoms with Gasteiger partial charge in [0.2, 0.25) is 5.75 Å². The Balaban J connectivity index is 1.85. The Labute approximate surface area is 239 Å². The Morgan fingerprint density at radius 2 is 1.85 bits per heavy atom. The molecule has 1 atom stereocenters. The molecule has 1 amide bonds. The van der Waals surface area contributed by atoms with Crippen molar-refractivity contribution in [2.45, 2.75) is 30.4 Å². The molecule has 0 aromatic heterocycles. The monoisotopic (exact) mass is 586 g/mol. The van der Waals surface area contributed by atoms with Crippen molar-refractivity contribution < 1.29 is 28.9 Å². The second-order valence-corrected chi connectivity index (χ2v) is 10.1. The molecule has 40 heavy (non-hydrogen) atoms. The van der Waals surface area contributed by atoms with E-state index < -0.39 is 17.0 Å². The van der Waals surface area contributed by atoms with Crippen LogP contribution in [0.1, 0.15) is 39.5 Å². The third kappa shape index (κ3) is 5.80. The van der Waals surface area contributed by atoms with Gasteiger partial charge in [-0.15, -0.1) is 21.9 Å². The van der Waals surface area contributed by atoms with Crippen molar-refractivity contribution in [1.29, 1.82) is 0 Å². The largest absolute Gasteiger partial charge is 0.493 e. The van der Waals surface area contributed by atoms with E-state index in [0.29, 0.717) is 51.7 Å². The number of thioether (sulfide) groups is 1. The molecule has 0 saturated carbocycles. The zero-order valence-corrected chi connectivity index (χ0v) is 23.8. The lowest BCUT2D eigenvalue weighted by molar-refractivity contribution is -0.763. The SMILES string of the molecule is COc1cc2c(c(OC)c1OC)-c1ccc(SC)c(=O)cc1[C@@H](NC(=O)c1cc(CO[N+](=O)[O-])ccc1Cl)CC2. The van der Waals surface area contributed by atoms with Crippen LogP contribution in [0.5, 0.6) is 17.2 Å². The summed E-state index contributed by atoms with van der Waals surface area (Å²) in [6.45, 7) is -0.331. The molecule has 1 aliphatic carbocycles. The van der Waals surface area contributed by atoms with Crippen LogP contribution in [0.3, 0.4) is 0 Å². The first-order valence-corrected chi connectivity index (χ1v) is 13.7. The van der Waals surface area contributed by atoms with Gasteiger partial charge < -0.3 is 24.4 Å². The number of halogens is 1. The van der Waals surface area contributed by atoms with E-state index in [4.69, 9.17) is 25.8 Å². The maximum Gasteiger partial charge on any atom is 0.294 e. The normalized spacial score (nSPS) is 13.8. The fraction of sp³-hybridized carbons (Fsp3) is 0.286. The third-order valence-corrected chi connectivity index (χ3v) is 7.74. The third-order valence-electron chi connectivity index (χ3n) is 6.64. The average molecular weight is 587 g/mol. The lowest BCUT2D eigenvalue weighted by atomic mass is 9.95. The lowest BCUT2D eigenvalue weighted by Crippen LogP contribution is -2.29. The smallest absolute Gasteiger partial charge is 0.294 e. The van der Waals surface area contributed by atoms with E-state index in [9.17, 15) is 19.7 Å². The predicted octanol–water partition coefficient (Wildman–Crippen LogP) is 5.24. The Kier molecular flexibility index (Phi) is 9.06. The number of nitrogens with zero attached hydrogens (tertiary/aromatic N) is 1. The first-order valence-electron chi connectivity index (χ1n) is 12.1. The summed E-state index contributed by atoms with van der Waals surface area (Å²) in [6, 6.07) is 10.9. The summed E-state index contributed by atoms with van der Waals surface area (Å²) >= 11 is 7.66. The van der Waals surface area contributed by atoms with Crippen LogP contribution in [0.15, 0.2) is 52.2 Å². The van der Waals surface area contributed by atoms with Gasteiger partial charge in [0.05, 0.1) is 42.9 Å². The first kappa shape index (κ1) is 29.0. The summed E-state index contributed by atoms with van der Waals surface area (Å²) in [4.78, 5) is 42.3. The Hall–Kier alpha value is -3.96. The molecule has 3 aromatic rings. The molecular weight excluding hydrogens is 560 g/mol. The molecule has 0 fully saturated rings. The van der Waals surface area contributed by atoms with E-state index in [1.807, 2.05) is 18.4 Å². The summed E-state index contributed by atoms with van der Waals surface area (Å²) in [6.07, 6.45) is 2.79. The quantitative estimate of drug-likeness (QED) is 0.203. The molecule has 3 aromatic carbocycles. The number of amides is 1. The molecule has 4 rings (SSSR count). The van der Waals surface area contributed by atoms with E-state index in [-0.39, 0.29) is 22.6 Å². The molecule has 0 bridgehead atoms. The lowest BCUT2D eigenvalue weighted by Gasteiger charge is -2.20. The van der Waals surface area contributed by atoms with Crippen LogP contribution < -0.4 is 25.0 Å². The van der Waals surface area contributed by atoms with Gasteiger partial charge >= 0.3 is 0 Å². The van der Waals surface area contributed by atoms with Crippen LogP contribution in [-0.2, 0) is 17.9 Å². The number of nitrogens with one attached hydrogen (secondary N) is 1. The van der Waals surface area contributed by atoms with E-state index in [1.165, 1.54) is 38.1 Å². The van der Waals surface area contributed by atoms with E-state index >= 15 is 0 Å². The fourth-order valence-electron chi connectivity index (χ4n) is 4.82. The molecule has 0 radical (unpaired) electrons. The first-order chi connectivity index (χ1) is 19.2. The number of rotatable bonds is 9. The summed E-state index contributed by atoms with van der Waals surface area (Å²) in [5.74, 6) is 0.867. The summed E-state index contributed by atoms with van der Waals surface area (Å²) < 4.78 is 17.0. The summed E-state index contributed by atoms with van der Waals surface area (Å²) in [5.41, 5.74) is 3.29. The van der Waals surface area contributed by atoms with Gasteiger partial charge in [-0.3, -0.25) is 9.59 Å². The minimum Gasteiger partial charge on any atom is -0.493 e. The summed E-state index contributed by atoms with van der Waals surface area (Å²) in [7, 11) is 4.60. The molecule has 12 heteroatoms. The number of hydrogen-bond donors (Lipinski definition) is 1. The number of carbonyl (C=O) groups is 1. The van der Waals surface area contributed by atoms with Crippen molar-refractivity contribution >= 4 is 29.3 Å². The molecule has 0 heterocycles. The number of ether oxygens (including phenoxy) is 3. The van der Waals surface area contributed by atoms with Crippen LogP contribution in [0.2, 0.25) is 5.02 Å². The zero-order valence-electron chi connectivity index (χ0n) is 22.2. The van der Waals surface area contributed by atoms with E-state index in [2.05, 4.69) is 10.2 Å². The number of aryl methyl sites for hydroxylation is 1. The average Bonchev–Trinajstić information content (AvgIpc) is 3.19. The van der Waals surface area contributed by atoms with Gasteiger partial charge in [-0.1, -0.05) is 23.7 Å². The van der Waals surface area contributed by atoms with Gasteiger partial charge in [-0.25, -0.2) is 0 Å². The van der Waals surface area contributed by atoms with Crippen LogP contribution in [-0.4, -0.2) is 38.6 Å². The minimum absolute atomic E-state index is 0.128. The second-order valence-electron chi connectivity index (χ2n) is 8.83. The van der Waals surface area contributed by atoms with Gasteiger partial charge in [0.25, 0.3) is 11.0 Å². The summed E-state index contributed by atoms with van der Waals surface area (Å²) in [5, 5.41) is 12.9. The molecule has 10 nitrogen and oxygen atoms in total. The van der Waals surface area contributed by atoms with Crippen molar-refractivity contribution in [3.63, 3.8) is 0 Å². The number of benzene rings is 2. The standard InChI is InChI=1S/C28H27ClN2O8S/c1-36-23-12-16-6-9-21(30-28(33)19-11-15(5-8-20(19)29)14-39-31(34)35)18-13-22(32)24(40-4)10-7-17(18)25(16)27(38-3)26(23)37-2/h5,7-8,10-13,21H,6,9,14H2,1-4H3,(H,30,33)/t21-/m0/s1. The second kappa shape index (κ2) is 12.5. The van der Waals surface area contributed by atoms with Crippen molar-refractivity contribution in [2.75, 3.05) is 27.6 Å². The Morgan fingerprint density at radius 1 is 1.10 bits per heavy atom. The van der Waals surface area contributed by atoms with Gasteiger partial charge in [-0.2, -0.15) is 0 Å². The molecule has 0 spiro atoms. The van der Waals surface area contributed by atoms with Crippen LogP contribution in [0.25, 0.3) is 11.1 Å². The Bertz CT molecular complexity index is 1530. The maximum absolute atomic E-state index is 13.5. The van der Waals surface area contributed by atoms with Gasteiger partial charge in [-0.05, 0) is 71.7 Å². The van der Waals surface area contributed by atoms with Gasteiger partial charge in [0.1, 0.15) is 6.61 Å². The Morgan fingerprint density at radius 3 is 2.50 bits per heavy atom. The van der Waals surface area contributed by atoms with Crippen LogP contribution in [0.4, 0.5) is 0 Å². The van der Waals surface area contributed by atoms with E-state index in [1.54, 1.807) is 25.3 Å². The molecule has 210 valence electrons. The van der Waals surface area contributed by atoms with Crippen molar-refractivity contribution in [3.8, 4) is 28.4 Å². The molecule has 0 aliphatic heterocycles. The molecule has 0 saturated heterocycles. The highest BCUT2D eigenvalue weighted by Crippen LogP contribution is 2.50. The van der Waals surface area contributed by atoms with Crippen LogP contribution in [0, 0.1) is 10.1 Å². The number of carbonyl (C=O) groups excluding carboxylic acids is 1. The minimum atomic E-state index is -0.907. The van der Waals surface area contributed by atoms with Gasteiger partial charge in [0.15, 0.2) is 16.9 Å². The van der Waals surface area contributed by atoms with Gasteiger partial charge in [0, 0.05) is 5.56 Å². The predicted molar refractivity (Wildman–Crippen MR) is 151 cm³/mol. The fourth-order valence-corrected chi connectivity index (χ4v) is 5.48. The topological polar surface area (TPSA) is 126 Å². The van der Waals surface area contributed by atoms with Crippen LogP contribution >= 0.6 is 23.4 Å². The molecular formula is C28H27ClN2O8S. The van der Waals surface area contributed by atoms with E-state index in [0.717, 1.165) is 11.1 Å². The molecule has 1 aliphatic rings. The highest BCUT2D eigenvalue weighted by atomic mass is 35.5. The number of hydrogen-bond acceptors (Lipinski definition) is 9. The van der Waals surface area contributed by atoms with Crippen molar-refractivity contribution in [2.24, 2.45) is 0 Å². The molecule has 0 unspecified atom stereocenters. The maximum atomic E-state index is 13.5. The highest BCUT2D eigenvalue weighted by Gasteiger charge is 2.30.